The summed E-state index contributed by atoms with van der Waals surface area (Å²) >= 11 is 0. The van der Waals surface area contributed by atoms with Gasteiger partial charge in [-0.2, -0.15) is 9.92 Å². The number of nitrogens with two attached hydrogens (primary N) is 2. The predicted molar refractivity (Wildman–Crippen MR) is 281 cm³/mol. The summed E-state index contributed by atoms with van der Waals surface area (Å²) in [6, 6.07) is -13.2. The molecule has 0 radical (unpaired) electrons. The summed E-state index contributed by atoms with van der Waals surface area (Å²) < 4.78 is 16.5. The largest absolute Gasteiger partial charge is 0.481 e. The minimum atomic E-state index is -2.38. The number of hydrogen-bond acceptors (Lipinski definition) is 27. The van der Waals surface area contributed by atoms with Crippen LogP contribution in [0.4, 0.5) is 0 Å². The van der Waals surface area contributed by atoms with Gasteiger partial charge in [0, 0.05) is 19.3 Å². The first-order chi connectivity index (χ1) is 40.9. The molecule has 0 bridgehead atoms. The topological polar surface area (TPSA) is 666 Å². The second-order valence-electron chi connectivity index (χ2n) is 20.0. The predicted octanol–water partition coefficient (Wildman–Crippen LogP) is -10.5. The van der Waals surface area contributed by atoms with Crippen LogP contribution in [0, 0.1) is 0 Å². The van der Waals surface area contributed by atoms with Crippen LogP contribution in [0.25, 0.3) is 10.4 Å². The molecular formula is C48H73N11O28. The SMILES string of the molecule is CCCC[C@@H](C(N)=O)N(N=[N+]=[N-])C(=O)[C@@H](CCC(=O)O)NC(=O)C1=C[C@H](O)[C@@H](NC(=O)[C@@H](CCC(=O)O)NC(=O)C2=C[C@H](O)[C@@H](NC(=O)[C@@H](CCC(=O)O)NC(=O)C3=C[C@H](O)[C@@H](N)[C@H]([C@H](O)[C@H](O)CO)O3)[C@H]([C@H](O)[C@H](O)CO)O2)[C@H]([C@H](O)[C@H](O)CO)O1. The van der Waals surface area contributed by atoms with Crippen LogP contribution in [0.3, 0.4) is 0 Å². The molecule has 0 saturated heterocycles. The van der Waals surface area contributed by atoms with E-state index in [1.165, 1.54) is 0 Å². The average molecular weight is 1250 g/mol. The fraction of sp³-hybridized carbons (Fsp3) is 0.667. The number of aliphatic hydroxyl groups excluding tert-OH is 12. The van der Waals surface area contributed by atoms with E-state index in [9.17, 15) is 130 Å². The summed E-state index contributed by atoms with van der Waals surface area (Å²) in [5.41, 5.74) is 20.5. The zero-order valence-corrected chi connectivity index (χ0v) is 46.1. The summed E-state index contributed by atoms with van der Waals surface area (Å²) in [4.78, 5) is 133. The molecule has 0 aromatic rings. The highest BCUT2D eigenvalue weighted by Gasteiger charge is 2.48. The Morgan fingerprint density at radius 3 is 1.28 bits per heavy atom. The zero-order chi connectivity index (χ0) is 65.7. The van der Waals surface area contributed by atoms with Gasteiger partial charge in [0.2, 0.25) is 11.8 Å². The Balaban J connectivity index is 2.00. The third kappa shape index (κ3) is 20.6. The average Bonchev–Trinajstić information content (AvgIpc) is 1.87. The highest BCUT2D eigenvalue weighted by Crippen LogP contribution is 2.27. The minimum absolute atomic E-state index is 0.151. The number of carbonyl (C=O) groups excluding carboxylic acids is 7. The van der Waals surface area contributed by atoms with E-state index in [4.69, 9.17) is 25.7 Å². The number of rotatable bonds is 35. The first-order valence-corrected chi connectivity index (χ1v) is 26.6. The Bertz CT molecular complexity index is 2610. The number of carboxylic acids is 3. The summed E-state index contributed by atoms with van der Waals surface area (Å²) in [5, 5.41) is 168. The number of unbranched alkanes of at least 4 members (excludes halogenated alkanes) is 1. The van der Waals surface area contributed by atoms with E-state index in [-0.39, 0.29) is 12.8 Å². The van der Waals surface area contributed by atoms with Crippen molar-refractivity contribution >= 4 is 59.3 Å². The number of aliphatic hydroxyl groups is 12. The van der Waals surface area contributed by atoms with Gasteiger partial charge in [-0.15, -0.1) is 5.53 Å². The molecule has 0 unspecified atom stereocenters. The first kappa shape index (κ1) is 73.4. The molecule has 0 aromatic heterocycles. The van der Waals surface area contributed by atoms with Gasteiger partial charge >= 0.3 is 23.8 Å². The van der Waals surface area contributed by atoms with Crippen LogP contribution in [-0.2, 0) is 62.2 Å². The maximum atomic E-state index is 14.1. The van der Waals surface area contributed by atoms with Crippen LogP contribution in [0.15, 0.2) is 40.7 Å². The van der Waals surface area contributed by atoms with Gasteiger partial charge < -0.3 is 129 Å². The molecule has 0 saturated carbocycles. The molecular weight excluding hydrogens is 1180 g/mol. The molecule has 488 valence electrons. The van der Waals surface area contributed by atoms with Crippen molar-refractivity contribution in [1.29, 1.82) is 0 Å². The number of nitrogens with one attached hydrogen (secondary N) is 5. The molecule has 3 aliphatic rings. The first-order valence-electron chi connectivity index (χ1n) is 26.6. The maximum absolute atomic E-state index is 14.1. The molecule has 0 fully saturated rings. The number of primary amides is 1. The summed E-state index contributed by atoms with van der Waals surface area (Å²) in [5.74, 6) is -17.2. The van der Waals surface area contributed by atoms with Crippen molar-refractivity contribution in [2.24, 2.45) is 16.7 Å². The van der Waals surface area contributed by atoms with Crippen LogP contribution >= 0.6 is 0 Å². The third-order valence-corrected chi connectivity index (χ3v) is 13.6. The lowest BCUT2D eigenvalue weighted by molar-refractivity contribution is -0.147. The highest BCUT2D eigenvalue weighted by molar-refractivity contribution is 5.98. The molecule has 0 aromatic carbocycles. The lowest BCUT2D eigenvalue weighted by Crippen LogP contribution is -2.64. The number of carboxylic acid groups (broad SMARTS) is 3. The number of aliphatic carboxylic acids is 3. The van der Waals surface area contributed by atoms with E-state index in [2.05, 4.69) is 36.7 Å². The Kier molecular flexibility index (Phi) is 29.1. The minimum Gasteiger partial charge on any atom is -0.481 e. The van der Waals surface area contributed by atoms with Crippen molar-refractivity contribution in [3.8, 4) is 0 Å². The van der Waals surface area contributed by atoms with E-state index in [0.717, 1.165) is 6.08 Å². The monoisotopic (exact) mass is 1250 g/mol. The highest BCUT2D eigenvalue weighted by atomic mass is 16.5. The zero-order valence-electron chi connectivity index (χ0n) is 46.1. The Hall–Kier alpha value is -7.89. The summed E-state index contributed by atoms with van der Waals surface area (Å²) in [7, 11) is 0. The second-order valence-corrected chi connectivity index (χ2v) is 20.0. The number of hydrogen-bond donors (Lipinski definition) is 22. The van der Waals surface area contributed by atoms with Crippen molar-refractivity contribution < 1.29 is 139 Å². The van der Waals surface area contributed by atoms with Crippen LogP contribution < -0.4 is 38.1 Å². The molecule has 3 rings (SSSR count). The third-order valence-electron chi connectivity index (χ3n) is 13.6. The van der Waals surface area contributed by atoms with E-state index in [0.29, 0.717) is 23.6 Å². The summed E-state index contributed by atoms with van der Waals surface area (Å²) in [6.45, 7) is -1.81. The molecule has 3 aliphatic heterocycles. The molecule has 0 aliphatic carbocycles. The summed E-state index contributed by atoms with van der Waals surface area (Å²) in [6.07, 6.45) is -28.0. The number of amides is 7. The molecule has 19 atom stereocenters. The van der Waals surface area contributed by atoms with E-state index in [1.807, 2.05) is 0 Å². The van der Waals surface area contributed by atoms with Crippen molar-refractivity contribution in [2.75, 3.05) is 19.8 Å². The van der Waals surface area contributed by atoms with Gasteiger partial charge in [0.15, 0.2) is 35.5 Å². The van der Waals surface area contributed by atoms with Gasteiger partial charge in [-0.25, -0.2) is 4.79 Å². The van der Waals surface area contributed by atoms with Gasteiger partial charge in [-0.1, -0.05) is 13.3 Å². The molecule has 24 N–H and O–H groups in total. The maximum Gasteiger partial charge on any atom is 0.335 e. The van der Waals surface area contributed by atoms with Crippen molar-refractivity contribution in [3.63, 3.8) is 0 Å². The van der Waals surface area contributed by atoms with Crippen molar-refractivity contribution in [3.05, 3.63) is 45.9 Å². The molecule has 0 spiro atoms. The lowest BCUT2D eigenvalue weighted by atomic mass is 9.92. The molecule has 87 heavy (non-hydrogen) atoms. The number of carbonyl (C=O) groups is 10. The van der Waals surface area contributed by atoms with E-state index in [1.54, 1.807) is 6.92 Å². The fourth-order valence-corrected chi connectivity index (χ4v) is 8.78. The van der Waals surface area contributed by atoms with Gasteiger partial charge in [-0.05, 0) is 55.6 Å². The van der Waals surface area contributed by atoms with Crippen LogP contribution in [0.1, 0.15) is 64.7 Å². The van der Waals surface area contributed by atoms with E-state index < -0.39 is 250 Å². The van der Waals surface area contributed by atoms with Crippen molar-refractivity contribution in [1.82, 2.24) is 31.6 Å². The normalized spacial score (nSPS) is 25.1. The fourth-order valence-electron chi connectivity index (χ4n) is 8.78. The van der Waals surface area contributed by atoms with Crippen LogP contribution in [0.2, 0.25) is 0 Å². The van der Waals surface area contributed by atoms with Gasteiger partial charge in [0.05, 0.1) is 44.1 Å². The number of azide groups is 1. The van der Waals surface area contributed by atoms with Crippen LogP contribution in [-0.4, -0.2) is 276 Å². The molecule has 3 heterocycles. The Labute approximate surface area is 491 Å². The second kappa shape index (κ2) is 34.4. The molecule has 7 amide bonds. The Morgan fingerprint density at radius 1 is 0.586 bits per heavy atom. The quantitative estimate of drug-likeness (QED) is 0.0121. The molecule has 39 nitrogen and oxygen atoms in total. The lowest BCUT2D eigenvalue weighted by Gasteiger charge is -2.40. The standard InChI is InChI=1S/C48H73N11O28/c1-2-3-4-20(42(50)78)59(58-57-51)48(84)19(7-10-32(73)74)54-47(83)29-13-23(65)35(41(87-29)38(77)26(68)16-62)56-44(80)18(6-9-31(71)72)53-46(82)28-12-22(64)34(40(86-28)37(76)25(67)15-61)55-43(79)17(5-8-30(69)70)52-45(81)27-11-21(63)33(49)39(85-27)36(75)24(66)14-60/h11-13,17-26,33-41,60-68,75-77H,2-10,14-16,49H2,1H3,(H2,50,78)(H,52,81)(H,53,82)(H,54,83)(H,55,79)(H,56,80)(H,69,70)(H,71,72)(H,73,74)/t17-,18-,19-,20+,21+,22+,23+,24-,25-,26-,33-,34-,35-,36-,37-,38-,39-,40-,41-/m1/s1. The van der Waals surface area contributed by atoms with E-state index >= 15 is 0 Å². The van der Waals surface area contributed by atoms with Gasteiger partial charge in [0.25, 0.3) is 23.6 Å². The van der Waals surface area contributed by atoms with Gasteiger partial charge in [0.1, 0.15) is 73.1 Å². The van der Waals surface area contributed by atoms with Gasteiger partial charge in [-0.3, -0.25) is 43.2 Å². The van der Waals surface area contributed by atoms with Crippen molar-refractivity contribution in [2.45, 2.75) is 180 Å². The number of ether oxygens (including phenoxy) is 3. The molecule has 39 heteroatoms. The Morgan fingerprint density at radius 2 is 0.931 bits per heavy atom. The van der Waals surface area contributed by atoms with Crippen LogP contribution in [0.5, 0.6) is 0 Å². The number of nitrogens with zero attached hydrogens (tertiary/aromatic N) is 4. The smallest absolute Gasteiger partial charge is 0.335 e.